The number of carbonyl (C=O) groups is 1. The molecule has 0 aliphatic heterocycles. The Hall–Kier alpha value is -4.66. The fourth-order valence-electron chi connectivity index (χ4n) is 4.34. The van der Waals surface area contributed by atoms with Crippen LogP contribution in [0.3, 0.4) is 0 Å². The molecule has 0 saturated carbocycles. The van der Waals surface area contributed by atoms with Crippen LogP contribution in [0.25, 0.3) is 11.1 Å². The van der Waals surface area contributed by atoms with Crippen molar-refractivity contribution in [1.82, 2.24) is 35.1 Å². The quantitative estimate of drug-likeness (QED) is 0.332. The number of nitrogens with one attached hydrogen (secondary N) is 1. The van der Waals surface area contributed by atoms with Gasteiger partial charge in [0.2, 0.25) is 5.91 Å². The Bertz CT molecular complexity index is 1480. The lowest BCUT2D eigenvalue weighted by Gasteiger charge is -2.18. The van der Waals surface area contributed by atoms with Crippen LogP contribution < -0.4 is 5.32 Å². The van der Waals surface area contributed by atoms with Crippen LogP contribution in [0.2, 0.25) is 0 Å². The van der Waals surface area contributed by atoms with Gasteiger partial charge in [-0.1, -0.05) is 60.7 Å². The number of imidazole rings is 1. The van der Waals surface area contributed by atoms with Gasteiger partial charge in [0.05, 0.1) is 6.33 Å². The molecular formula is C28H26FN7O. The summed E-state index contributed by atoms with van der Waals surface area (Å²) in [5.74, 6) is -0.0899. The van der Waals surface area contributed by atoms with Gasteiger partial charge in [0.15, 0.2) is 0 Å². The molecule has 1 unspecified atom stereocenters. The van der Waals surface area contributed by atoms with E-state index in [0.717, 1.165) is 23.2 Å². The standard InChI is InChI=1S/C28H26FN7O/c1-20-32-33-34-36(20)27(16-22-5-4-7-25(29)15-22)28(37)31-17-24-6-2-3-8-26(24)23-11-9-21(10-12-23)18-35-14-13-30-19-35/h2-15,19,27H,16-18H2,1H3,(H,31,37). The van der Waals surface area contributed by atoms with Crippen LogP contribution in [0.15, 0.2) is 91.5 Å². The summed E-state index contributed by atoms with van der Waals surface area (Å²) in [5.41, 5.74) is 4.94. The largest absolute Gasteiger partial charge is 0.350 e. The Labute approximate surface area is 213 Å². The highest BCUT2D eigenvalue weighted by Gasteiger charge is 2.24. The molecule has 1 atom stereocenters. The second-order valence-electron chi connectivity index (χ2n) is 8.83. The van der Waals surface area contributed by atoms with E-state index in [0.29, 0.717) is 17.9 Å². The van der Waals surface area contributed by atoms with Crippen LogP contribution in [0, 0.1) is 12.7 Å². The number of hydrogen-bond donors (Lipinski definition) is 1. The molecule has 1 amide bonds. The summed E-state index contributed by atoms with van der Waals surface area (Å²) in [6.45, 7) is 2.81. The maximum absolute atomic E-state index is 13.8. The average molecular weight is 496 g/mol. The number of benzene rings is 3. The lowest BCUT2D eigenvalue weighted by molar-refractivity contribution is -0.124. The van der Waals surface area contributed by atoms with E-state index < -0.39 is 6.04 Å². The molecule has 0 aliphatic carbocycles. The summed E-state index contributed by atoms with van der Waals surface area (Å²) in [5, 5.41) is 14.7. The third-order valence-electron chi connectivity index (χ3n) is 6.23. The van der Waals surface area contributed by atoms with E-state index in [2.05, 4.69) is 50.1 Å². The maximum Gasteiger partial charge on any atom is 0.245 e. The van der Waals surface area contributed by atoms with Crippen LogP contribution in [-0.4, -0.2) is 35.7 Å². The molecule has 186 valence electrons. The summed E-state index contributed by atoms with van der Waals surface area (Å²) in [4.78, 5) is 17.5. The Morgan fingerprint density at radius 2 is 1.86 bits per heavy atom. The molecule has 0 fully saturated rings. The molecule has 2 aromatic heterocycles. The predicted octanol–water partition coefficient (Wildman–Crippen LogP) is 4.13. The topological polar surface area (TPSA) is 90.5 Å². The molecule has 5 aromatic rings. The van der Waals surface area contributed by atoms with Crippen molar-refractivity contribution in [2.45, 2.75) is 32.5 Å². The van der Waals surface area contributed by atoms with E-state index in [1.165, 1.54) is 22.4 Å². The number of amides is 1. The minimum absolute atomic E-state index is 0.245. The molecule has 3 aromatic carbocycles. The van der Waals surface area contributed by atoms with Gasteiger partial charge in [-0.3, -0.25) is 4.79 Å². The molecule has 5 rings (SSSR count). The fraction of sp³-hybridized carbons (Fsp3) is 0.179. The van der Waals surface area contributed by atoms with Gasteiger partial charge in [-0.15, -0.1) is 5.10 Å². The zero-order valence-corrected chi connectivity index (χ0v) is 20.3. The molecule has 0 radical (unpaired) electrons. The van der Waals surface area contributed by atoms with Crippen molar-refractivity contribution >= 4 is 5.91 Å². The molecule has 0 bridgehead atoms. The van der Waals surface area contributed by atoms with Crippen molar-refractivity contribution in [3.63, 3.8) is 0 Å². The van der Waals surface area contributed by atoms with Gasteiger partial charge < -0.3 is 9.88 Å². The number of nitrogens with zero attached hydrogens (tertiary/aromatic N) is 6. The fourth-order valence-corrected chi connectivity index (χ4v) is 4.34. The predicted molar refractivity (Wildman–Crippen MR) is 137 cm³/mol. The number of halogens is 1. The van der Waals surface area contributed by atoms with E-state index in [1.54, 1.807) is 31.6 Å². The highest BCUT2D eigenvalue weighted by atomic mass is 19.1. The maximum atomic E-state index is 13.8. The van der Waals surface area contributed by atoms with Gasteiger partial charge in [0.1, 0.15) is 17.7 Å². The van der Waals surface area contributed by atoms with Crippen molar-refractivity contribution in [3.05, 3.63) is 120 Å². The number of tetrazole rings is 1. The van der Waals surface area contributed by atoms with E-state index in [1.807, 2.05) is 35.0 Å². The Morgan fingerprint density at radius 1 is 1.03 bits per heavy atom. The zero-order valence-electron chi connectivity index (χ0n) is 20.3. The molecule has 1 N–H and O–H groups in total. The lowest BCUT2D eigenvalue weighted by Crippen LogP contribution is -2.34. The molecular weight excluding hydrogens is 469 g/mol. The first kappa shape index (κ1) is 24.1. The second kappa shape index (κ2) is 10.9. The van der Waals surface area contributed by atoms with Crippen LogP contribution in [0.4, 0.5) is 4.39 Å². The molecule has 0 spiro atoms. The summed E-state index contributed by atoms with van der Waals surface area (Å²) in [6, 6.07) is 21.8. The normalized spacial score (nSPS) is 11.8. The number of carbonyl (C=O) groups excluding carboxylic acids is 1. The van der Waals surface area contributed by atoms with Gasteiger partial charge in [-0.2, -0.15) is 0 Å². The van der Waals surface area contributed by atoms with E-state index >= 15 is 0 Å². The molecule has 37 heavy (non-hydrogen) atoms. The molecule has 8 nitrogen and oxygen atoms in total. The van der Waals surface area contributed by atoms with Gasteiger partial charge >= 0.3 is 0 Å². The Kier molecular flexibility index (Phi) is 7.12. The van der Waals surface area contributed by atoms with Crippen LogP contribution >= 0.6 is 0 Å². The average Bonchev–Trinajstić information content (AvgIpc) is 3.58. The first-order valence-electron chi connectivity index (χ1n) is 12.0. The summed E-state index contributed by atoms with van der Waals surface area (Å²) in [7, 11) is 0. The minimum Gasteiger partial charge on any atom is -0.350 e. The summed E-state index contributed by atoms with van der Waals surface area (Å²) in [6.07, 6.45) is 5.76. The van der Waals surface area contributed by atoms with Gasteiger partial charge in [0.25, 0.3) is 0 Å². The van der Waals surface area contributed by atoms with E-state index in [-0.39, 0.29) is 18.1 Å². The highest BCUT2D eigenvalue weighted by Crippen LogP contribution is 2.25. The third kappa shape index (κ3) is 5.78. The van der Waals surface area contributed by atoms with Crippen molar-refractivity contribution in [2.75, 3.05) is 0 Å². The number of hydrogen-bond acceptors (Lipinski definition) is 5. The van der Waals surface area contributed by atoms with Gasteiger partial charge in [-0.25, -0.2) is 14.1 Å². The molecule has 0 saturated heterocycles. The summed E-state index contributed by atoms with van der Waals surface area (Å²) >= 11 is 0. The minimum atomic E-state index is -0.716. The zero-order chi connectivity index (χ0) is 25.6. The van der Waals surface area contributed by atoms with Gasteiger partial charge in [0, 0.05) is 31.9 Å². The van der Waals surface area contributed by atoms with Crippen molar-refractivity contribution < 1.29 is 9.18 Å². The van der Waals surface area contributed by atoms with E-state index in [4.69, 9.17) is 0 Å². The van der Waals surface area contributed by atoms with Crippen LogP contribution in [-0.2, 0) is 24.3 Å². The molecule has 9 heteroatoms. The second-order valence-corrected chi connectivity index (χ2v) is 8.83. The van der Waals surface area contributed by atoms with Crippen LogP contribution in [0.5, 0.6) is 0 Å². The highest BCUT2D eigenvalue weighted by molar-refractivity contribution is 5.81. The summed E-state index contributed by atoms with van der Waals surface area (Å²) < 4.78 is 17.3. The first-order valence-corrected chi connectivity index (χ1v) is 12.0. The van der Waals surface area contributed by atoms with Crippen LogP contribution in [0.1, 0.15) is 28.6 Å². The SMILES string of the molecule is Cc1nnnn1C(Cc1cccc(F)c1)C(=O)NCc1ccccc1-c1ccc(Cn2ccnc2)cc1. The van der Waals surface area contributed by atoms with Crippen molar-refractivity contribution in [3.8, 4) is 11.1 Å². The monoisotopic (exact) mass is 495 g/mol. The van der Waals surface area contributed by atoms with Gasteiger partial charge in [-0.05, 0) is 57.3 Å². The Morgan fingerprint density at radius 3 is 2.59 bits per heavy atom. The molecule has 0 aliphatic rings. The smallest absolute Gasteiger partial charge is 0.245 e. The third-order valence-corrected chi connectivity index (χ3v) is 6.23. The van der Waals surface area contributed by atoms with E-state index in [9.17, 15) is 9.18 Å². The Balaban J connectivity index is 1.32. The lowest BCUT2D eigenvalue weighted by atomic mass is 9.98. The molecule has 2 heterocycles. The first-order chi connectivity index (χ1) is 18.1. The number of aryl methyl sites for hydroxylation is 1. The van der Waals surface area contributed by atoms with Crippen molar-refractivity contribution in [2.24, 2.45) is 0 Å². The number of rotatable bonds is 9. The number of aromatic nitrogens is 6. The van der Waals surface area contributed by atoms with Crippen molar-refractivity contribution in [1.29, 1.82) is 0 Å².